The first-order chi connectivity index (χ1) is 7.36. The van der Waals surface area contributed by atoms with Crippen LogP contribution in [0.4, 0.5) is 8.78 Å². The van der Waals surface area contributed by atoms with E-state index in [0.29, 0.717) is 24.1 Å². The van der Waals surface area contributed by atoms with E-state index in [2.05, 4.69) is 0 Å². The van der Waals surface area contributed by atoms with Crippen LogP contribution in [0.25, 0.3) is 0 Å². The average Bonchev–Trinajstić information content (AvgIpc) is 2.16. The normalized spacial score (nSPS) is 13.9. The lowest BCUT2D eigenvalue weighted by atomic mass is 9.91. The molecule has 0 saturated carbocycles. The SMILES string of the molecule is CC(CCN)c1cc(C(C)(C)F)ccc1F. The molecule has 0 spiro atoms. The highest BCUT2D eigenvalue weighted by atomic mass is 19.1. The number of benzene rings is 1. The van der Waals surface area contributed by atoms with E-state index in [1.807, 2.05) is 6.92 Å². The maximum atomic E-state index is 13.7. The molecule has 0 saturated heterocycles. The van der Waals surface area contributed by atoms with Crippen LogP contribution in [0.15, 0.2) is 18.2 Å². The van der Waals surface area contributed by atoms with Crippen molar-refractivity contribution in [2.75, 3.05) is 6.54 Å². The summed E-state index contributed by atoms with van der Waals surface area (Å²) in [6.07, 6.45) is 0.701. The van der Waals surface area contributed by atoms with Gasteiger partial charge in [0, 0.05) is 0 Å². The number of alkyl halides is 1. The van der Waals surface area contributed by atoms with Gasteiger partial charge < -0.3 is 5.73 Å². The molecule has 1 nitrogen and oxygen atoms in total. The van der Waals surface area contributed by atoms with Gasteiger partial charge in [-0.3, -0.25) is 0 Å². The Balaban J connectivity index is 3.09. The Labute approximate surface area is 95.7 Å². The molecule has 0 fully saturated rings. The molecule has 1 rings (SSSR count). The van der Waals surface area contributed by atoms with Gasteiger partial charge in [-0.15, -0.1) is 0 Å². The minimum atomic E-state index is -1.44. The van der Waals surface area contributed by atoms with Crippen molar-refractivity contribution in [3.8, 4) is 0 Å². The molecule has 3 heteroatoms. The Hall–Kier alpha value is -0.960. The maximum absolute atomic E-state index is 13.7. The Morgan fingerprint density at radius 2 is 2.00 bits per heavy atom. The average molecular weight is 227 g/mol. The van der Waals surface area contributed by atoms with Gasteiger partial charge in [0.1, 0.15) is 11.5 Å². The van der Waals surface area contributed by atoms with Crippen molar-refractivity contribution in [2.24, 2.45) is 5.73 Å². The summed E-state index contributed by atoms with van der Waals surface area (Å²) in [5.41, 5.74) is 5.06. The number of hydrogen-bond donors (Lipinski definition) is 1. The second-order valence-corrected chi connectivity index (χ2v) is 4.69. The molecule has 0 aliphatic rings. The molecule has 0 radical (unpaired) electrons. The van der Waals surface area contributed by atoms with Crippen molar-refractivity contribution in [1.82, 2.24) is 0 Å². The van der Waals surface area contributed by atoms with Crippen LogP contribution in [0.2, 0.25) is 0 Å². The summed E-state index contributed by atoms with van der Waals surface area (Å²) in [4.78, 5) is 0. The molecular weight excluding hydrogens is 208 g/mol. The fraction of sp³-hybridized carbons (Fsp3) is 0.538. The summed E-state index contributed by atoms with van der Waals surface area (Å²) in [5, 5.41) is 0. The lowest BCUT2D eigenvalue weighted by molar-refractivity contribution is 0.221. The molecule has 1 aromatic carbocycles. The van der Waals surface area contributed by atoms with Gasteiger partial charge in [-0.2, -0.15) is 0 Å². The van der Waals surface area contributed by atoms with Gasteiger partial charge in [-0.25, -0.2) is 8.78 Å². The number of rotatable bonds is 4. The fourth-order valence-corrected chi connectivity index (χ4v) is 1.70. The van der Waals surface area contributed by atoms with E-state index in [9.17, 15) is 8.78 Å². The van der Waals surface area contributed by atoms with Gasteiger partial charge in [-0.1, -0.05) is 13.0 Å². The third-order valence-electron chi connectivity index (χ3n) is 2.81. The van der Waals surface area contributed by atoms with E-state index < -0.39 is 5.67 Å². The first kappa shape index (κ1) is 13.1. The molecule has 0 bridgehead atoms. The fourth-order valence-electron chi connectivity index (χ4n) is 1.70. The van der Waals surface area contributed by atoms with E-state index >= 15 is 0 Å². The molecule has 16 heavy (non-hydrogen) atoms. The van der Waals surface area contributed by atoms with Crippen LogP contribution in [0.5, 0.6) is 0 Å². The van der Waals surface area contributed by atoms with Crippen LogP contribution in [0.3, 0.4) is 0 Å². The molecule has 0 aliphatic heterocycles. The highest BCUT2D eigenvalue weighted by Crippen LogP contribution is 2.29. The zero-order valence-electron chi connectivity index (χ0n) is 10.1. The molecule has 1 aromatic rings. The second-order valence-electron chi connectivity index (χ2n) is 4.69. The number of nitrogens with two attached hydrogens (primary N) is 1. The molecule has 0 aromatic heterocycles. The van der Waals surface area contributed by atoms with Crippen LogP contribution in [0.1, 0.15) is 44.2 Å². The summed E-state index contributed by atoms with van der Waals surface area (Å²) in [5.74, 6) is -0.263. The Morgan fingerprint density at radius 1 is 1.38 bits per heavy atom. The van der Waals surface area contributed by atoms with Gasteiger partial charge in [0.05, 0.1) is 0 Å². The molecular formula is C13H19F2N. The van der Waals surface area contributed by atoms with Crippen molar-refractivity contribution in [2.45, 2.75) is 38.8 Å². The first-order valence-corrected chi connectivity index (χ1v) is 5.55. The molecule has 2 N–H and O–H groups in total. The monoisotopic (exact) mass is 227 g/mol. The zero-order valence-corrected chi connectivity index (χ0v) is 10.1. The highest BCUT2D eigenvalue weighted by molar-refractivity contribution is 5.30. The van der Waals surface area contributed by atoms with Crippen molar-refractivity contribution in [1.29, 1.82) is 0 Å². The molecule has 0 aliphatic carbocycles. The molecule has 0 heterocycles. The summed E-state index contributed by atoms with van der Waals surface area (Å²) < 4.78 is 27.3. The zero-order chi connectivity index (χ0) is 12.3. The third kappa shape index (κ3) is 3.01. The minimum absolute atomic E-state index is 0.0206. The molecule has 1 unspecified atom stereocenters. The van der Waals surface area contributed by atoms with E-state index in [0.717, 1.165) is 0 Å². The highest BCUT2D eigenvalue weighted by Gasteiger charge is 2.21. The van der Waals surface area contributed by atoms with E-state index in [-0.39, 0.29) is 11.7 Å². The van der Waals surface area contributed by atoms with Gasteiger partial charge in [0.25, 0.3) is 0 Å². The lowest BCUT2D eigenvalue weighted by Crippen LogP contribution is -2.12. The number of hydrogen-bond acceptors (Lipinski definition) is 1. The smallest absolute Gasteiger partial charge is 0.130 e. The van der Waals surface area contributed by atoms with Gasteiger partial charge >= 0.3 is 0 Å². The number of halogens is 2. The predicted molar refractivity (Wildman–Crippen MR) is 62.6 cm³/mol. The topological polar surface area (TPSA) is 26.0 Å². The summed E-state index contributed by atoms with van der Waals surface area (Å²) >= 11 is 0. The molecule has 1 atom stereocenters. The predicted octanol–water partition coefficient (Wildman–Crippen LogP) is 3.48. The second kappa shape index (κ2) is 4.91. The van der Waals surface area contributed by atoms with Crippen LogP contribution in [-0.2, 0) is 5.67 Å². The third-order valence-corrected chi connectivity index (χ3v) is 2.81. The molecule has 90 valence electrons. The lowest BCUT2D eigenvalue weighted by Gasteiger charge is -2.18. The summed E-state index contributed by atoms with van der Waals surface area (Å²) in [6, 6.07) is 4.43. The maximum Gasteiger partial charge on any atom is 0.130 e. The van der Waals surface area contributed by atoms with Crippen molar-refractivity contribution < 1.29 is 8.78 Å². The standard InChI is InChI=1S/C13H19F2N/c1-9(6-7-16)11-8-10(13(2,3)15)4-5-12(11)14/h4-5,8-9H,6-7,16H2,1-3H3. The van der Waals surface area contributed by atoms with Gasteiger partial charge in [0.15, 0.2) is 0 Å². The van der Waals surface area contributed by atoms with Crippen LogP contribution in [-0.4, -0.2) is 6.54 Å². The summed E-state index contributed by atoms with van der Waals surface area (Å²) in [6.45, 7) is 5.35. The van der Waals surface area contributed by atoms with Crippen LogP contribution < -0.4 is 5.73 Å². The van der Waals surface area contributed by atoms with Crippen molar-refractivity contribution in [3.63, 3.8) is 0 Å². The Kier molecular flexibility index (Phi) is 4.03. The Bertz CT molecular complexity index is 355. The largest absolute Gasteiger partial charge is 0.330 e. The first-order valence-electron chi connectivity index (χ1n) is 5.55. The van der Waals surface area contributed by atoms with E-state index in [1.54, 1.807) is 6.07 Å². The van der Waals surface area contributed by atoms with Crippen molar-refractivity contribution in [3.05, 3.63) is 35.1 Å². The summed E-state index contributed by atoms with van der Waals surface area (Å²) in [7, 11) is 0. The quantitative estimate of drug-likeness (QED) is 0.837. The molecule has 0 amide bonds. The van der Waals surface area contributed by atoms with E-state index in [4.69, 9.17) is 5.73 Å². The Morgan fingerprint density at radius 3 is 2.50 bits per heavy atom. The van der Waals surface area contributed by atoms with Gasteiger partial charge in [-0.05, 0) is 56.0 Å². The van der Waals surface area contributed by atoms with Crippen molar-refractivity contribution >= 4 is 0 Å². The van der Waals surface area contributed by atoms with Crippen LogP contribution in [0, 0.1) is 5.82 Å². The van der Waals surface area contributed by atoms with Crippen LogP contribution >= 0.6 is 0 Å². The minimum Gasteiger partial charge on any atom is -0.330 e. The van der Waals surface area contributed by atoms with Gasteiger partial charge in [0.2, 0.25) is 0 Å². The van der Waals surface area contributed by atoms with E-state index in [1.165, 1.54) is 26.0 Å².